The normalized spacial score (nSPS) is 10.8. The molecule has 0 N–H and O–H groups in total. The first-order valence-corrected chi connectivity index (χ1v) is 15.2. The van der Waals surface area contributed by atoms with Gasteiger partial charge in [0.2, 0.25) is 5.75 Å². The second-order valence-corrected chi connectivity index (χ2v) is 11.8. The van der Waals surface area contributed by atoms with Crippen molar-refractivity contribution < 1.29 is 0 Å². The van der Waals surface area contributed by atoms with Gasteiger partial charge < -0.3 is 0 Å². The smallest absolute Gasteiger partial charge is 0.200 e. The first-order valence-electron chi connectivity index (χ1n) is 13.8. The average Bonchev–Trinajstić information content (AvgIpc) is 3.03. The number of benzene rings is 5. The Morgan fingerprint density at radius 3 is 1.18 bits per heavy atom. The molecule has 0 aromatic heterocycles. The van der Waals surface area contributed by atoms with Crippen LogP contribution in [0.1, 0.15) is 19.8 Å². The van der Waals surface area contributed by atoms with E-state index in [0.29, 0.717) is 5.75 Å². The summed E-state index contributed by atoms with van der Waals surface area (Å²) in [5.74, 6) is 0.550. The Hall–Kier alpha value is -4.00. The van der Waals surface area contributed by atoms with Crippen LogP contribution in [0.5, 0.6) is 0 Å². The molecule has 0 spiro atoms. The molecule has 0 amide bonds. The molecule has 0 heterocycles. The molecule has 5 aromatic rings. The van der Waals surface area contributed by atoms with Crippen molar-refractivity contribution in [1.82, 2.24) is 0 Å². The highest BCUT2D eigenvalue weighted by Crippen LogP contribution is 2.22. The second kappa shape index (κ2) is 14.8. The summed E-state index contributed by atoms with van der Waals surface area (Å²) in [5, 5.41) is 8.92. The van der Waals surface area contributed by atoms with Crippen LogP contribution in [-0.2, 0) is 10.9 Å². The number of unbranched alkanes of at least 4 members (excludes halogenated alkanes) is 1. The summed E-state index contributed by atoms with van der Waals surface area (Å²) in [4.78, 5) is 2.46. The number of hydrogen-bond acceptors (Lipinski definition) is 1. The van der Waals surface area contributed by atoms with E-state index in [-0.39, 0.29) is 10.9 Å². The molecule has 0 aliphatic rings. The van der Waals surface area contributed by atoms with Crippen LogP contribution in [0.15, 0.2) is 161 Å². The van der Waals surface area contributed by atoms with Gasteiger partial charge in [-0.15, -0.1) is 0 Å². The third-order valence-electron chi connectivity index (χ3n) is 7.36. The molecule has 0 atom stereocenters. The third kappa shape index (κ3) is 7.11. The van der Waals surface area contributed by atoms with Crippen molar-refractivity contribution in [1.29, 1.82) is 5.26 Å². The minimum Gasteiger partial charge on any atom is -0.200 e. The van der Waals surface area contributed by atoms with Gasteiger partial charge in [0.05, 0.1) is 17.0 Å². The standard InChI is InChI=1S/C22H24B.C14H12NS/c1-2-3-19-23(20-13-7-4-8-14-20,21-15-9-5-10-16-21)22-17-11-6-12-18-22;15-11-12-16(13-7-3-1-4-8-13)14-9-5-2-6-10-14/h4-18H,2-3,19H2,1H3;1-10H,12H2/q-1;+1. The molecule has 0 aliphatic heterocycles. The van der Waals surface area contributed by atoms with Crippen LogP contribution in [0.25, 0.3) is 0 Å². The summed E-state index contributed by atoms with van der Waals surface area (Å²) in [6.07, 6.45) is 2.73. The van der Waals surface area contributed by atoms with Gasteiger partial charge >= 0.3 is 0 Å². The molecule has 0 radical (unpaired) electrons. The highest BCUT2D eigenvalue weighted by molar-refractivity contribution is 7.97. The average molecular weight is 526 g/mol. The van der Waals surface area contributed by atoms with E-state index in [4.69, 9.17) is 5.26 Å². The van der Waals surface area contributed by atoms with E-state index in [2.05, 4.69) is 128 Å². The van der Waals surface area contributed by atoms with Crippen molar-refractivity contribution in [3.8, 4) is 6.07 Å². The zero-order chi connectivity index (χ0) is 27.2. The van der Waals surface area contributed by atoms with E-state index in [0.717, 1.165) is 0 Å². The van der Waals surface area contributed by atoms with Gasteiger partial charge in [-0.3, -0.25) is 0 Å². The first kappa shape index (κ1) is 28.0. The largest absolute Gasteiger partial charge is 0.204 e. The lowest BCUT2D eigenvalue weighted by molar-refractivity contribution is 0.874. The molecular formula is C36H36BNS. The van der Waals surface area contributed by atoms with Gasteiger partial charge in [0, 0.05) is 0 Å². The summed E-state index contributed by atoms with van der Waals surface area (Å²) < 4.78 is 0. The Bertz CT molecular complexity index is 1270. The molecule has 3 heteroatoms. The monoisotopic (exact) mass is 525 g/mol. The highest BCUT2D eigenvalue weighted by atomic mass is 32.2. The van der Waals surface area contributed by atoms with Crippen molar-refractivity contribution in [2.24, 2.45) is 0 Å². The topological polar surface area (TPSA) is 23.8 Å². The zero-order valence-corrected chi connectivity index (χ0v) is 23.5. The molecule has 1 nitrogen and oxygen atoms in total. The van der Waals surface area contributed by atoms with E-state index in [1.165, 1.54) is 45.3 Å². The molecule has 5 rings (SSSR count). The maximum atomic E-state index is 8.92. The number of rotatable bonds is 9. The van der Waals surface area contributed by atoms with Crippen molar-refractivity contribution in [2.75, 3.05) is 5.75 Å². The summed E-state index contributed by atoms with van der Waals surface area (Å²) in [6.45, 7) is 2.28. The molecule has 39 heavy (non-hydrogen) atoms. The van der Waals surface area contributed by atoms with Crippen LogP contribution in [0.4, 0.5) is 0 Å². The van der Waals surface area contributed by atoms with Gasteiger partial charge in [0.15, 0.2) is 9.79 Å². The van der Waals surface area contributed by atoms with E-state index in [9.17, 15) is 0 Å². The fourth-order valence-electron chi connectivity index (χ4n) is 5.47. The maximum absolute atomic E-state index is 8.92. The molecular weight excluding hydrogens is 489 g/mol. The van der Waals surface area contributed by atoms with Crippen molar-refractivity contribution in [3.05, 3.63) is 152 Å². The van der Waals surface area contributed by atoms with Gasteiger partial charge in [-0.25, -0.2) is 0 Å². The Morgan fingerprint density at radius 1 is 0.538 bits per heavy atom. The maximum Gasteiger partial charge on any atom is 0.204 e. The van der Waals surface area contributed by atoms with Gasteiger partial charge in [-0.1, -0.05) is 147 Å². The van der Waals surface area contributed by atoms with E-state index in [1.54, 1.807) is 0 Å². The van der Waals surface area contributed by atoms with Gasteiger partial charge in [-0.2, -0.15) is 28.0 Å². The van der Waals surface area contributed by atoms with Crippen molar-refractivity contribution in [3.63, 3.8) is 0 Å². The first-order chi connectivity index (χ1) is 19.3. The minimum atomic E-state index is -0.913. The fraction of sp³-hybridized carbons (Fsp3) is 0.139. The van der Waals surface area contributed by atoms with Crippen molar-refractivity contribution >= 4 is 33.4 Å². The predicted octanol–water partition coefficient (Wildman–Crippen LogP) is 7.20. The van der Waals surface area contributed by atoms with E-state index >= 15 is 0 Å². The third-order valence-corrected chi connectivity index (χ3v) is 9.46. The lowest BCUT2D eigenvalue weighted by Crippen LogP contribution is -2.66. The molecule has 194 valence electrons. The molecule has 0 saturated carbocycles. The van der Waals surface area contributed by atoms with Crippen LogP contribution in [0, 0.1) is 11.3 Å². The Labute approximate surface area is 237 Å². The van der Waals surface area contributed by atoms with E-state index in [1.807, 2.05) is 36.4 Å². The summed E-state index contributed by atoms with van der Waals surface area (Å²) >= 11 is 0. The highest BCUT2D eigenvalue weighted by Gasteiger charge is 2.29. The minimum absolute atomic E-state index is 0.112. The Kier molecular flexibility index (Phi) is 10.6. The summed E-state index contributed by atoms with van der Waals surface area (Å²) in [7, 11) is -0.112. The zero-order valence-electron chi connectivity index (χ0n) is 22.7. The van der Waals surface area contributed by atoms with Gasteiger partial charge in [0.25, 0.3) is 0 Å². The van der Waals surface area contributed by atoms with Crippen LogP contribution in [0.2, 0.25) is 6.32 Å². The molecule has 0 fully saturated rings. The molecule has 5 aromatic carbocycles. The van der Waals surface area contributed by atoms with E-state index < -0.39 is 6.15 Å². The quantitative estimate of drug-likeness (QED) is 0.147. The fourth-order valence-corrected chi connectivity index (χ4v) is 7.18. The van der Waals surface area contributed by atoms with Gasteiger partial charge in [0.1, 0.15) is 6.07 Å². The van der Waals surface area contributed by atoms with Gasteiger partial charge in [-0.05, 0) is 24.3 Å². The van der Waals surface area contributed by atoms with Crippen LogP contribution < -0.4 is 16.4 Å². The lowest BCUT2D eigenvalue weighted by Gasteiger charge is -2.43. The number of nitriles is 1. The van der Waals surface area contributed by atoms with Crippen molar-refractivity contribution in [2.45, 2.75) is 35.9 Å². The molecule has 0 aliphatic carbocycles. The SMILES string of the molecule is CCCC[B-](c1ccccc1)(c1ccccc1)c1ccccc1.N#CC[S+](c1ccccc1)c1ccccc1. The second-order valence-electron chi connectivity index (χ2n) is 9.74. The van der Waals surface area contributed by atoms with Crippen LogP contribution in [-0.4, -0.2) is 11.9 Å². The number of nitrogens with zero attached hydrogens (tertiary/aromatic N) is 1. The Balaban J connectivity index is 0.000000193. The number of hydrogen-bond donors (Lipinski definition) is 0. The Morgan fingerprint density at radius 2 is 0.872 bits per heavy atom. The van der Waals surface area contributed by atoms with Crippen LogP contribution >= 0.6 is 0 Å². The molecule has 0 unspecified atom stereocenters. The van der Waals surface area contributed by atoms with Crippen LogP contribution in [0.3, 0.4) is 0 Å². The molecule has 0 bridgehead atoms. The summed E-state index contributed by atoms with van der Waals surface area (Å²) in [5.41, 5.74) is 4.33. The summed E-state index contributed by atoms with van der Waals surface area (Å²) in [6, 6.07) is 55.9. The lowest BCUT2D eigenvalue weighted by atomic mass is 9.14. The molecule has 0 saturated heterocycles. The predicted molar refractivity (Wildman–Crippen MR) is 171 cm³/mol.